The summed E-state index contributed by atoms with van der Waals surface area (Å²) in [5.41, 5.74) is 1.34. The second-order valence-corrected chi connectivity index (χ2v) is 8.43. The molecule has 1 aliphatic rings. The average molecular weight is 452 g/mol. The molecule has 6 nitrogen and oxygen atoms in total. The fraction of sp³-hybridized carbons (Fsp3) is 0.423. The zero-order valence-corrected chi connectivity index (χ0v) is 18.8. The van der Waals surface area contributed by atoms with Crippen molar-refractivity contribution in [2.75, 3.05) is 13.1 Å². The number of ether oxygens (including phenoxy) is 1. The Kier molecular flexibility index (Phi) is 8.06. The van der Waals surface area contributed by atoms with Gasteiger partial charge in [-0.05, 0) is 49.1 Å². The van der Waals surface area contributed by atoms with Crippen molar-refractivity contribution in [2.45, 2.75) is 57.5 Å². The quantitative estimate of drug-likeness (QED) is 0.415. The first-order valence-electron chi connectivity index (χ1n) is 11.7. The standard InChI is InChI=1S/C26H30FN3O3/c27-21-10-12-22(13-11-21)32-23-16-18-30(19-17-23)26(31)15-14-25-29-28-24(33-25)9-5-4-8-20-6-2-1-3-7-20/h1-3,6-7,10-13,23H,4-5,8-9,14-19H2. The molecule has 2 aromatic carbocycles. The van der Waals surface area contributed by atoms with Crippen LogP contribution in [0.1, 0.15) is 49.4 Å². The van der Waals surface area contributed by atoms with Crippen LogP contribution in [0.15, 0.2) is 59.0 Å². The van der Waals surface area contributed by atoms with Crippen LogP contribution in [0, 0.1) is 5.82 Å². The van der Waals surface area contributed by atoms with Crippen molar-refractivity contribution in [1.29, 1.82) is 0 Å². The minimum atomic E-state index is -0.279. The van der Waals surface area contributed by atoms with E-state index in [4.69, 9.17) is 9.15 Å². The summed E-state index contributed by atoms with van der Waals surface area (Å²) in [5.74, 6) is 1.64. The van der Waals surface area contributed by atoms with E-state index in [-0.39, 0.29) is 17.8 Å². The molecule has 174 valence electrons. The molecule has 1 aliphatic heterocycles. The Bertz CT molecular complexity index is 999. The van der Waals surface area contributed by atoms with Gasteiger partial charge in [0.25, 0.3) is 0 Å². The van der Waals surface area contributed by atoms with Gasteiger partial charge in [-0.2, -0.15) is 0 Å². The summed E-state index contributed by atoms with van der Waals surface area (Å²) in [6.07, 6.45) is 6.25. The summed E-state index contributed by atoms with van der Waals surface area (Å²) >= 11 is 0. The third-order valence-electron chi connectivity index (χ3n) is 5.92. The molecule has 0 radical (unpaired) electrons. The van der Waals surface area contributed by atoms with Crippen molar-refractivity contribution in [2.24, 2.45) is 0 Å². The monoisotopic (exact) mass is 451 g/mol. The molecule has 4 rings (SSSR count). The summed E-state index contributed by atoms with van der Waals surface area (Å²) in [4.78, 5) is 14.4. The molecule has 0 bridgehead atoms. The lowest BCUT2D eigenvalue weighted by Gasteiger charge is -2.32. The number of benzene rings is 2. The van der Waals surface area contributed by atoms with Crippen LogP contribution in [-0.4, -0.2) is 40.2 Å². The van der Waals surface area contributed by atoms with Crippen molar-refractivity contribution in [3.8, 4) is 5.75 Å². The third kappa shape index (κ3) is 7.14. The van der Waals surface area contributed by atoms with Crippen LogP contribution in [-0.2, 0) is 24.1 Å². The number of likely N-dealkylation sites (tertiary alicyclic amines) is 1. The molecule has 1 fully saturated rings. The predicted octanol–water partition coefficient (Wildman–Crippen LogP) is 4.78. The first-order chi connectivity index (χ1) is 16.2. The molecule has 3 aromatic rings. The molecule has 0 saturated carbocycles. The minimum absolute atomic E-state index is 0.0416. The number of amides is 1. The van der Waals surface area contributed by atoms with Crippen LogP contribution >= 0.6 is 0 Å². The first-order valence-corrected chi connectivity index (χ1v) is 11.7. The normalized spacial score (nSPS) is 14.4. The third-order valence-corrected chi connectivity index (χ3v) is 5.92. The largest absolute Gasteiger partial charge is 0.490 e. The van der Waals surface area contributed by atoms with Gasteiger partial charge in [0.1, 0.15) is 17.7 Å². The van der Waals surface area contributed by atoms with Gasteiger partial charge in [-0.1, -0.05) is 30.3 Å². The first kappa shape index (κ1) is 23.0. The highest BCUT2D eigenvalue weighted by Crippen LogP contribution is 2.20. The highest BCUT2D eigenvalue weighted by molar-refractivity contribution is 5.76. The number of aromatic nitrogens is 2. The topological polar surface area (TPSA) is 68.5 Å². The van der Waals surface area contributed by atoms with Gasteiger partial charge in [0.05, 0.1) is 0 Å². The number of nitrogens with zero attached hydrogens (tertiary/aromatic N) is 3. The molecule has 0 N–H and O–H groups in total. The van der Waals surface area contributed by atoms with Gasteiger partial charge in [0.15, 0.2) is 0 Å². The maximum atomic E-state index is 13.0. The number of unbranched alkanes of at least 4 members (excludes halogenated alkanes) is 1. The minimum Gasteiger partial charge on any atom is -0.490 e. The van der Waals surface area contributed by atoms with Crippen LogP contribution in [0.3, 0.4) is 0 Å². The van der Waals surface area contributed by atoms with E-state index in [1.54, 1.807) is 12.1 Å². The number of halogens is 1. The highest BCUT2D eigenvalue weighted by Gasteiger charge is 2.24. The number of hydrogen-bond acceptors (Lipinski definition) is 5. The van der Waals surface area contributed by atoms with Gasteiger partial charge in [-0.25, -0.2) is 4.39 Å². The zero-order valence-electron chi connectivity index (χ0n) is 18.8. The Balaban J connectivity index is 1.12. The fourth-order valence-corrected chi connectivity index (χ4v) is 4.04. The van der Waals surface area contributed by atoms with Crippen molar-refractivity contribution >= 4 is 5.91 Å². The number of piperidine rings is 1. The number of rotatable bonds is 10. The van der Waals surface area contributed by atoms with E-state index in [1.165, 1.54) is 17.7 Å². The average Bonchev–Trinajstić information content (AvgIpc) is 3.31. The molecule has 0 atom stereocenters. The van der Waals surface area contributed by atoms with Crippen molar-refractivity contribution in [3.63, 3.8) is 0 Å². The Morgan fingerprint density at radius 2 is 1.61 bits per heavy atom. The maximum absolute atomic E-state index is 13.0. The van der Waals surface area contributed by atoms with E-state index in [0.717, 1.165) is 38.5 Å². The van der Waals surface area contributed by atoms with E-state index in [2.05, 4.69) is 34.5 Å². The van der Waals surface area contributed by atoms with E-state index in [0.29, 0.717) is 43.5 Å². The highest BCUT2D eigenvalue weighted by atomic mass is 19.1. The summed E-state index contributed by atoms with van der Waals surface area (Å²) in [7, 11) is 0. The molecule has 0 unspecified atom stereocenters. The van der Waals surface area contributed by atoms with Gasteiger partial charge < -0.3 is 14.1 Å². The molecule has 0 aliphatic carbocycles. The Hall–Kier alpha value is -3.22. The molecule has 2 heterocycles. The summed E-state index contributed by atoms with van der Waals surface area (Å²) in [6.45, 7) is 1.31. The van der Waals surface area contributed by atoms with Crippen molar-refractivity contribution < 1.29 is 18.3 Å². The molecule has 1 amide bonds. The molecule has 33 heavy (non-hydrogen) atoms. The van der Waals surface area contributed by atoms with E-state index < -0.39 is 0 Å². The Labute approximate surface area is 193 Å². The lowest BCUT2D eigenvalue weighted by molar-refractivity contribution is -0.133. The van der Waals surface area contributed by atoms with Crippen molar-refractivity contribution in [3.05, 3.63) is 77.8 Å². The summed E-state index contributed by atoms with van der Waals surface area (Å²) < 4.78 is 24.6. The molecular weight excluding hydrogens is 421 g/mol. The van der Waals surface area contributed by atoms with Gasteiger partial charge in [-0.3, -0.25) is 4.79 Å². The smallest absolute Gasteiger partial charge is 0.223 e. The molecule has 7 heteroatoms. The molecule has 1 saturated heterocycles. The SMILES string of the molecule is O=C(CCc1nnc(CCCCc2ccccc2)o1)N1CCC(Oc2ccc(F)cc2)CC1. The fourth-order valence-electron chi connectivity index (χ4n) is 4.04. The van der Waals surface area contributed by atoms with E-state index in [9.17, 15) is 9.18 Å². The van der Waals surface area contributed by atoms with E-state index >= 15 is 0 Å². The number of carbonyl (C=O) groups is 1. The van der Waals surface area contributed by atoms with Gasteiger partial charge >= 0.3 is 0 Å². The van der Waals surface area contributed by atoms with Crippen LogP contribution in [0.25, 0.3) is 0 Å². The number of carbonyl (C=O) groups excluding carboxylic acids is 1. The van der Waals surface area contributed by atoms with E-state index in [1.807, 2.05) is 11.0 Å². The van der Waals surface area contributed by atoms with Crippen LogP contribution in [0.2, 0.25) is 0 Å². The van der Waals surface area contributed by atoms with Gasteiger partial charge in [-0.15, -0.1) is 10.2 Å². The summed E-state index contributed by atoms with van der Waals surface area (Å²) in [5, 5.41) is 8.23. The van der Waals surface area contributed by atoms with Gasteiger partial charge in [0.2, 0.25) is 17.7 Å². The predicted molar refractivity (Wildman–Crippen MR) is 122 cm³/mol. The van der Waals surface area contributed by atoms with Gasteiger partial charge in [0, 0.05) is 45.2 Å². The Morgan fingerprint density at radius 1 is 0.939 bits per heavy atom. The lowest BCUT2D eigenvalue weighted by atomic mass is 10.1. The Morgan fingerprint density at radius 3 is 2.33 bits per heavy atom. The second-order valence-electron chi connectivity index (χ2n) is 8.43. The van der Waals surface area contributed by atoms with Crippen LogP contribution < -0.4 is 4.74 Å². The lowest BCUT2D eigenvalue weighted by Crippen LogP contribution is -2.41. The summed E-state index contributed by atoms with van der Waals surface area (Å²) in [6, 6.07) is 16.5. The second kappa shape index (κ2) is 11.6. The molecule has 0 spiro atoms. The maximum Gasteiger partial charge on any atom is 0.223 e. The molecule has 1 aromatic heterocycles. The van der Waals surface area contributed by atoms with Crippen LogP contribution in [0.5, 0.6) is 5.75 Å². The molecular formula is C26H30FN3O3. The number of hydrogen-bond donors (Lipinski definition) is 0. The van der Waals surface area contributed by atoms with Crippen molar-refractivity contribution in [1.82, 2.24) is 15.1 Å². The zero-order chi connectivity index (χ0) is 22.9. The number of aryl methyl sites for hydroxylation is 3. The van der Waals surface area contributed by atoms with Crippen LogP contribution in [0.4, 0.5) is 4.39 Å².